The quantitative estimate of drug-likeness (QED) is 0.666. The standard InChI is InChI=1S/C24H31N3O5/c1-15-4-9-20-16(2)21(28-18-7-5-17(6-8-18)14-27-13-12-25-26-27)29-22-24(20)19(15)10-11-23(3,30-22)31-32-24/h5-8,12-13,15-16,19-22H,4,9-11,14H2,1-3H3/t15-,16-,19+,20+,21+,22-,23-,24-/m1/s1. The number of aromatic nitrogens is 3. The van der Waals surface area contributed by atoms with Crippen molar-refractivity contribution in [1.82, 2.24) is 15.0 Å². The molecule has 4 saturated heterocycles. The van der Waals surface area contributed by atoms with Crippen molar-refractivity contribution < 1.29 is 24.0 Å². The topological polar surface area (TPSA) is 76.9 Å². The summed E-state index contributed by atoms with van der Waals surface area (Å²) in [6.45, 7) is 7.15. The van der Waals surface area contributed by atoms with Gasteiger partial charge in [0.2, 0.25) is 12.1 Å². The van der Waals surface area contributed by atoms with Crippen LogP contribution in [0.5, 0.6) is 5.75 Å². The van der Waals surface area contributed by atoms with Gasteiger partial charge in [0.05, 0.1) is 12.7 Å². The maximum atomic E-state index is 6.50. The predicted octanol–water partition coefficient (Wildman–Crippen LogP) is 3.91. The zero-order chi connectivity index (χ0) is 21.9. The normalized spacial score (nSPS) is 42.8. The Morgan fingerprint density at radius 3 is 2.72 bits per heavy atom. The maximum absolute atomic E-state index is 6.50. The fraction of sp³-hybridized carbons (Fsp3) is 0.667. The van der Waals surface area contributed by atoms with E-state index in [0.717, 1.165) is 30.6 Å². The van der Waals surface area contributed by atoms with Crippen molar-refractivity contribution >= 4 is 0 Å². The van der Waals surface area contributed by atoms with E-state index in [9.17, 15) is 0 Å². The molecule has 1 spiro atoms. The smallest absolute Gasteiger partial charge is 0.205 e. The first-order valence-electron chi connectivity index (χ1n) is 11.8. The first kappa shape index (κ1) is 20.6. The van der Waals surface area contributed by atoms with E-state index in [2.05, 4.69) is 24.2 Å². The molecule has 0 radical (unpaired) electrons. The van der Waals surface area contributed by atoms with Gasteiger partial charge in [0, 0.05) is 24.5 Å². The molecule has 1 saturated carbocycles. The second-order valence-electron chi connectivity index (χ2n) is 10.1. The molecule has 2 aromatic rings. The summed E-state index contributed by atoms with van der Waals surface area (Å²) in [7, 11) is 0. The van der Waals surface area contributed by atoms with Crippen LogP contribution in [-0.4, -0.2) is 39.0 Å². The van der Waals surface area contributed by atoms with E-state index in [-0.39, 0.29) is 11.8 Å². The molecule has 5 aliphatic rings. The summed E-state index contributed by atoms with van der Waals surface area (Å²) in [4.78, 5) is 12.1. The molecule has 1 aromatic carbocycles. The molecular formula is C24H31N3O5. The third-order valence-corrected chi connectivity index (χ3v) is 8.09. The summed E-state index contributed by atoms with van der Waals surface area (Å²) in [6, 6.07) is 8.07. The second kappa shape index (κ2) is 7.52. The summed E-state index contributed by atoms with van der Waals surface area (Å²) < 4.78 is 21.1. The van der Waals surface area contributed by atoms with E-state index in [1.807, 2.05) is 37.4 Å². The molecule has 0 amide bonds. The van der Waals surface area contributed by atoms with Crippen molar-refractivity contribution in [2.24, 2.45) is 23.7 Å². The van der Waals surface area contributed by atoms with Crippen LogP contribution in [0.3, 0.4) is 0 Å². The minimum Gasteiger partial charge on any atom is -0.465 e. The zero-order valence-corrected chi connectivity index (χ0v) is 18.8. The van der Waals surface area contributed by atoms with Gasteiger partial charge in [0.1, 0.15) is 5.75 Å². The molecule has 8 heteroatoms. The van der Waals surface area contributed by atoms with Crippen LogP contribution in [0.2, 0.25) is 0 Å². The molecule has 1 aromatic heterocycles. The van der Waals surface area contributed by atoms with Gasteiger partial charge in [0.15, 0.2) is 11.9 Å². The Kier molecular flexibility index (Phi) is 4.84. The number of fused-ring (bicyclic) bond motifs is 2. The zero-order valence-electron chi connectivity index (χ0n) is 18.8. The highest BCUT2D eigenvalue weighted by molar-refractivity contribution is 5.27. The Balaban J connectivity index is 1.23. The number of ether oxygens (including phenoxy) is 3. The number of hydrogen-bond acceptors (Lipinski definition) is 7. The van der Waals surface area contributed by atoms with Crippen LogP contribution in [0.15, 0.2) is 36.7 Å². The molecule has 8 nitrogen and oxygen atoms in total. The Morgan fingerprint density at radius 1 is 1.09 bits per heavy atom. The Morgan fingerprint density at radius 2 is 1.94 bits per heavy atom. The molecule has 32 heavy (non-hydrogen) atoms. The number of nitrogens with zero attached hydrogens (tertiary/aromatic N) is 3. The third kappa shape index (κ3) is 3.19. The van der Waals surface area contributed by atoms with Crippen molar-refractivity contribution in [1.29, 1.82) is 0 Å². The SMILES string of the molecule is C[C@H]1[C@@H](Oc2ccc(Cn3ccnn3)cc2)O[C@@H]2O[C@@]3(C)CC[C@H]4[C@H](C)CC[C@@H]1[C@@]24OO3. The van der Waals surface area contributed by atoms with Crippen LogP contribution in [0.1, 0.15) is 52.0 Å². The van der Waals surface area contributed by atoms with E-state index in [4.69, 9.17) is 24.0 Å². The van der Waals surface area contributed by atoms with Gasteiger partial charge in [-0.1, -0.05) is 31.2 Å². The highest BCUT2D eigenvalue weighted by Gasteiger charge is 2.69. The van der Waals surface area contributed by atoms with Crippen LogP contribution >= 0.6 is 0 Å². The summed E-state index contributed by atoms with van der Waals surface area (Å²) in [5.74, 6) is 1.31. The lowest BCUT2D eigenvalue weighted by molar-refractivity contribution is -0.575. The molecular weight excluding hydrogens is 410 g/mol. The number of hydrogen-bond donors (Lipinski definition) is 0. The van der Waals surface area contributed by atoms with Gasteiger partial charge < -0.3 is 14.2 Å². The van der Waals surface area contributed by atoms with Gasteiger partial charge in [-0.15, -0.1) is 5.10 Å². The first-order chi connectivity index (χ1) is 15.5. The largest absolute Gasteiger partial charge is 0.465 e. The molecule has 1 aliphatic carbocycles. The highest BCUT2D eigenvalue weighted by atomic mass is 17.3. The number of rotatable bonds is 4. The van der Waals surface area contributed by atoms with Crippen molar-refractivity contribution in [3.05, 3.63) is 42.2 Å². The molecule has 4 aliphatic heterocycles. The van der Waals surface area contributed by atoms with Crippen molar-refractivity contribution in [2.75, 3.05) is 0 Å². The average Bonchev–Trinajstić information content (AvgIpc) is 3.19. The van der Waals surface area contributed by atoms with Gasteiger partial charge in [0.25, 0.3) is 0 Å². The summed E-state index contributed by atoms with van der Waals surface area (Å²) >= 11 is 0. The van der Waals surface area contributed by atoms with E-state index >= 15 is 0 Å². The van der Waals surface area contributed by atoms with Crippen molar-refractivity contribution in [2.45, 2.75) is 77.0 Å². The number of benzene rings is 1. The Hall–Kier alpha value is -2.00. The lowest BCUT2D eigenvalue weighted by atomic mass is 9.58. The fourth-order valence-electron chi connectivity index (χ4n) is 6.32. The van der Waals surface area contributed by atoms with Crippen LogP contribution in [0.4, 0.5) is 0 Å². The first-order valence-corrected chi connectivity index (χ1v) is 11.8. The lowest BCUT2D eigenvalue weighted by Crippen LogP contribution is -2.70. The summed E-state index contributed by atoms with van der Waals surface area (Å²) in [5, 5.41) is 7.87. The van der Waals surface area contributed by atoms with E-state index in [1.54, 1.807) is 10.9 Å². The maximum Gasteiger partial charge on any atom is 0.205 e. The van der Waals surface area contributed by atoms with E-state index < -0.39 is 24.0 Å². The predicted molar refractivity (Wildman–Crippen MR) is 113 cm³/mol. The average molecular weight is 442 g/mol. The molecule has 172 valence electrons. The third-order valence-electron chi connectivity index (χ3n) is 8.09. The molecule has 2 bridgehead atoms. The minimum absolute atomic E-state index is 0.144. The van der Waals surface area contributed by atoms with Gasteiger partial charge in [-0.05, 0) is 55.7 Å². The van der Waals surface area contributed by atoms with Gasteiger partial charge in [-0.2, -0.15) is 0 Å². The molecule has 0 N–H and O–H groups in total. The van der Waals surface area contributed by atoms with Crippen LogP contribution in [0, 0.1) is 23.7 Å². The summed E-state index contributed by atoms with van der Waals surface area (Å²) in [6.07, 6.45) is 6.70. The molecule has 8 atom stereocenters. The van der Waals surface area contributed by atoms with Crippen LogP contribution in [0.25, 0.3) is 0 Å². The minimum atomic E-state index is -0.772. The van der Waals surface area contributed by atoms with Crippen molar-refractivity contribution in [3.63, 3.8) is 0 Å². The molecule has 7 rings (SSSR count). The summed E-state index contributed by atoms with van der Waals surface area (Å²) in [5.41, 5.74) is 0.570. The molecule has 5 heterocycles. The highest BCUT2D eigenvalue weighted by Crippen LogP contribution is 2.60. The van der Waals surface area contributed by atoms with Crippen molar-refractivity contribution in [3.8, 4) is 5.75 Å². The molecule has 0 unspecified atom stereocenters. The van der Waals surface area contributed by atoms with E-state index in [0.29, 0.717) is 18.4 Å². The lowest BCUT2D eigenvalue weighted by Gasteiger charge is -2.60. The van der Waals surface area contributed by atoms with Gasteiger partial charge >= 0.3 is 0 Å². The van der Waals surface area contributed by atoms with E-state index in [1.165, 1.54) is 6.42 Å². The molecule has 5 fully saturated rings. The van der Waals surface area contributed by atoms with Gasteiger partial charge in [-0.3, -0.25) is 0 Å². The monoisotopic (exact) mass is 441 g/mol. The Bertz CT molecular complexity index is 953. The Labute approximate surface area is 188 Å². The fourth-order valence-corrected chi connectivity index (χ4v) is 6.32. The second-order valence-corrected chi connectivity index (χ2v) is 10.1. The van der Waals surface area contributed by atoms with Crippen LogP contribution in [-0.2, 0) is 25.8 Å². The van der Waals surface area contributed by atoms with Crippen LogP contribution < -0.4 is 4.74 Å². The van der Waals surface area contributed by atoms with Gasteiger partial charge in [-0.25, -0.2) is 14.5 Å².